The van der Waals surface area contributed by atoms with E-state index in [9.17, 15) is 4.39 Å². The van der Waals surface area contributed by atoms with Gasteiger partial charge in [0.25, 0.3) is 0 Å². The van der Waals surface area contributed by atoms with Gasteiger partial charge in [-0.1, -0.05) is 0 Å². The minimum Gasteiger partial charge on any atom is -0.493 e. The van der Waals surface area contributed by atoms with Crippen LogP contribution in [0.15, 0.2) is 18.2 Å². The molecule has 0 aliphatic heterocycles. The van der Waals surface area contributed by atoms with Gasteiger partial charge >= 0.3 is 0 Å². The molecule has 0 radical (unpaired) electrons. The highest BCUT2D eigenvalue weighted by Crippen LogP contribution is 2.48. The number of rotatable bonds is 4. The molecular weight excluding hydrogens is 205 g/mol. The minimum atomic E-state index is -0.217. The zero-order chi connectivity index (χ0) is 11.6. The van der Waals surface area contributed by atoms with Crippen LogP contribution in [-0.2, 0) is 0 Å². The Morgan fingerprint density at radius 3 is 2.81 bits per heavy atom. The highest BCUT2D eigenvalue weighted by molar-refractivity contribution is 5.29. The molecule has 1 fully saturated rings. The van der Waals surface area contributed by atoms with Gasteiger partial charge in [-0.05, 0) is 43.5 Å². The van der Waals surface area contributed by atoms with Gasteiger partial charge in [-0.2, -0.15) is 5.26 Å². The summed E-state index contributed by atoms with van der Waals surface area (Å²) >= 11 is 0. The molecule has 1 aromatic rings. The van der Waals surface area contributed by atoms with Gasteiger partial charge in [-0.3, -0.25) is 0 Å². The molecule has 0 bridgehead atoms. The van der Waals surface area contributed by atoms with Gasteiger partial charge in [-0.15, -0.1) is 0 Å². The van der Waals surface area contributed by atoms with Crippen molar-refractivity contribution in [1.82, 2.24) is 0 Å². The number of benzene rings is 1. The largest absolute Gasteiger partial charge is 0.493 e. The molecule has 0 N–H and O–H groups in total. The summed E-state index contributed by atoms with van der Waals surface area (Å²) in [5.41, 5.74) is 0.652. The van der Waals surface area contributed by atoms with Gasteiger partial charge in [0, 0.05) is 11.8 Å². The van der Waals surface area contributed by atoms with Crippen molar-refractivity contribution in [2.75, 3.05) is 6.61 Å². The summed E-state index contributed by atoms with van der Waals surface area (Å²) in [6.45, 7) is 2.27. The van der Waals surface area contributed by atoms with E-state index in [0.717, 1.165) is 12.8 Å². The molecule has 2 nitrogen and oxygen atoms in total. The first-order valence-corrected chi connectivity index (χ1v) is 5.41. The lowest BCUT2D eigenvalue weighted by Crippen LogP contribution is -2.12. The van der Waals surface area contributed by atoms with Crippen LogP contribution in [-0.4, -0.2) is 6.61 Å². The van der Waals surface area contributed by atoms with Crippen LogP contribution < -0.4 is 4.74 Å². The van der Waals surface area contributed by atoms with Gasteiger partial charge in [0.05, 0.1) is 12.7 Å². The van der Waals surface area contributed by atoms with Crippen molar-refractivity contribution in [3.63, 3.8) is 0 Å². The van der Waals surface area contributed by atoms with E-state index in [2.05, 4.69) is 6.07 Å². The summed E-state index contributed by atoms with van der Waals surface area (Å²) in [4.78, 5) is 0. The van der Waals surface area contributed by atoms with Crippen molar-refractivity contribution >= 4 is 0 Å². The summed E-state index contributed by atoms with van der Waals surface area (Å²) in [5, 5.41) is 8.66. The van der Waals surface area contributed by atoms with Crippen LogP contribution in [0.25, 0.3) is 0 Å². The second-order valence-corrected chi connectivity index (χ2v) is 4.53. The van der Waals surface area contributed by atoms with E-state index in [1.54, 1.807) is 19.1 Å². The molecule has 0 saturated heterocycles. The number of nitrogens with zero attached hydrogens (tertiary/aromatic N) is 1. The summed E-state index contributed by atoms with van der Waals surface area (Å²) in [6.07, 6.45) is 2.66. The van der Waals surface area contributed by atoms with Crippen molar-refractivity contribution in [3.8, 4) is 11.8 Å². The van der Waals surface area contributed by atoms with Crippen molar-refractivity contribution < 1.29 is 9.13 Å². The maximum Gasteiger partial charge on any atom is 0.126 e. The molecule has 16 heavy (non-hydrogen) atoms. The van der Waals surface area contributed by atoms with Crippen LogP contribution in [0.5, 0.6) is 5.75 Å². The van der Waals surface area contributed by atoms with E-state index >= 15 is 0 Å². The quantitative estimate of drug-likeness (QED) is 0.779. The molecular formula is C13H14FNO. The average Bonchev–Trinajstić information content (AvgIpc) is 3.01. The predicted molar refractivity (Wildman–Crippen MR) is 58.5 cm³/mol. The third kappa shape index (κ3) is 2.33. The Kier molecular flexibility index (Phi) is 2.82. The standard InChI is InChI=1S/C13H14FNO/c1-10-8-11(2-3-12(10)14)16-9-13(4-5-13)6-7-15/h2-3,8H,4-6,9H2,1H3. The smallest absolute Gasteiger partial charge is 0.126 e. The van der Waals surface area contributed by atoms with Crippen LogP contribution in [0.1, 0.15) is 24.8 Å². The average molecular weight is 219 g/mol. The molecule has 1 saturated carbocycles. The Balaban J connectivity index is 1.95. The van der Waals surface area contributed by atoms with Crippen LogP contribution in [0, 0.1) is 29.5 Å². The molecule has 1 aliphatic rings. The van der Waals surface area contributed by atoms with E-state index in [1.807, 2.05) is 0 Å². The molecule has 3 heteroatoms. The second-order valence-electron chi connectivity index (χ2n) is 4.53. The molecule has 1 aromatic carbocycles. The molecule has 0 spiro atoms. The Hall–Kier alpha value is -1.56. The lowest BCUT2D eigenvalue weighted by molar-refractivity contribution is 0.236. The Bertz CT molecular complexity index is 432. The van der Waals surface area contributed by atoms with Crippen molar-refractivity contribution in [3.05, 3.63) is 29.6 Å². The van der Waals surface area contributed by atoms with E-state index < -0.39 is 0 Å². The van der Waals surface area contributed by atoms with Crippen molar-refractivity contribution in [2.45, 2.75) is 26.2 Å². The lowest BCUT2D eigenvalue weighted by Gasteiger charge is -2.13. The molecule has 2 rings (SSSR count). The summed E-state index contributed by atoms with van der Waals surface area (Å²) in [7, 11) is 0. The zero-order valence-corrected chi connectivity index (χ0v) is 9.29. The van der Waals surface area contributed by atoms with Gasteiger partial charge in [0.1, 0.15) is 11.6 Å². The van der Waals surface area contributed by atoms with Crippen LogP contribution in [0.2, 0.25) is 0 Å². The normalized spacial score (nSPS) is 16.6. The molecule has 0 heterocycles. The van der Waals surface area contributed by atoms with E-state index in [1.165, 1.54) is 6.07 Å². The maximum atomic E-state index is 13.0. The first kappa shape index (κ1) is 10.9. The Labute approximate surface area is 94.7 Å². The fourth-order valence-electron chi connectivity index (χ4n) is 1.66. The van der Waals surface area contributed by atoms with E-state index in [0.29, 0.717) is 24.3 Å². The summed E-state index contributed by atoms with van der Waals surface area (Å²) < 4.78 is 18.6. The van der Waals surface area contributed by atoms with Crippen LogP contribution >= 0.6 is 0 Å². The highest BCUT2D eigenvalue weighted by Gasteiger charge is 2.43. The predicted octanol–water partition coefficient (Wildman–Crippen LogP) is 3.21. The van der Waals surface area contributed by atoms with E-state index in [-0.39, 0.29) is 11.2 Å². The number of aryl methyl sites for hydroxylation is 1. The molecule has 1 aliphatic carbocycles. The summed E-state index contributed by atoms with van der Waals surface area (Å²) in [6, 6.07) is 6.92. The number of hydrogen-bond acceptors (Lipinski definition) is 2. The van der Waals surface area contributed by atoms with Gasteiger partial charge in [0.15, 0.2) is 0 Å². The highest BCUT2D eigenvalue weighted by atomic mass is 19.1. The third-order valence-electron chi connectivity index (χ3n) is 3.09. The molecule has 0 amide bonds. The van der Waals surface area contributed by atoms with Gasteiger partial charge < -0.3 is 4.74 Å². The van der Waals surface area contributed by atoms with Crippen molar-refractivity contribution in [2.24, 2.45) is 5.41 Å². The number of nitriles is 1. The fraction of sp³-hybridized carbons (Fsp3) is 0.462. The van der Waals surface area contributed by atoms with Crippen LogP contribution in [0.3, 0.4) is 0 Å². The van der Waals surface area contributed by atoms with Gasteiger partial charge in [0.2, 0.25) is 0 Å². The third-order valence-corrected chi connectivity index (χ3v) is 3.09. The lowest BCUT2D eigenvalue weighted by atomic mass is 10.1. The van der Waals surface area contributed by atoms with E-state index in [4.69, 9.17) is 10.00 Å². The van der Waals surface area contributed by atoms with Crippen molar-refractivity contribution in [1.29, 1.82) is 5.26 Å². The molecule has 84 valence electrons. The summed E-state index contributed by atoms with van der Waals surface area (Å²) in [5.74, 6) is 0.466. The second kappa shape index (κ2) is 4.13. The molecule has 0 aromatic heterocycles. The SMILES string of the molecule is Cc1cc(OCC2(CC#N)CC2)ccc1F. The number of halogens is 1. The van der Waals surface area contributed by atoms with Gasteiger partial charge in [-0.25, -0.2) is 4.39 Å². The van der Waals surface area contributed by atoms with Crippen LogP contribution in [0.4, 0.5) is 4.39 Å². The first-order chi connectivity index (χ1) is 7.65. The Morgan fingerprint density at radius 1 is 1.50 bits per heavy atom. The number of hydrogen-bond donors (Lipinski definition) is 0. The monoisotopic (exact) mass is 219 g/mol. The maximum absolute atomic E-state index is 13.0. The fourth-order valence-corrected chi connectivity index (χ4v) is 1.66. The Morgan fingerprint density at radius 2 is 2.25 bits per heavy atom. The topological polar surface area (TPSA) is 33.0 Å². The number of ether oxygens (including phenoxy) is 1. The molecule has 0 unspecified atom stereocenters. The molecule has 0 atom stereocenters. The minimum absolute atomic E-state index is 0.0665. The first-order valence-electron chi connectivity index (χ1n) is 5.41. The zero-order valence-electron chi connectivity index (χ0n) is 9.29.